The molecule has 0 aromatic heterocycles. The van der Waals surface area contributed by atoms with Crippen LogP contribution in [-0.4, -0.2) is 42.3 Å². The Morgan fingerprint density at radius 3 is 2.11 bits per heavy atom. The first-order valence-corrected chi connectivity index (χ1v) is 11.7. The number of benzene rings is 3. The number of hydrogen-bond donors (Lipinski definition) is 3. The van der Waals surface area contributed by atoms with Crippen LogP contribution in [0.25, 0.3) is 11.1 Å². The number of fused-ring (bicyclic) bond motifs is 3. The van der Waals surface area contributed by atoms with Gasteiger partial charge in [0.15, 0.2) is 0 Å². The predicted molar refractivity (Wildman–Crippen MR) is 132 cm³/mol. The second kappa shape index (κ2) is 11.1. The number of ether oxygens (including phenoxy) is 1. The third kappa shape index (κ3) is 6.00. The summed E-state index contributed by atoms with van der Waals surface area (Å²) in [7, 11) is 0. The molecule has 1 aliphatic carbocycles. The molecule has 35 heavy (non-hydrogen) atoms. The highest BCUT2D eigenvalue weighted by atomic mass is 35.5. The van der Waals surface area contributed by atoms with E-state index < -0.39 is 30.4 Å². The van der Waals surface area contributed by atoms with Crippen molar-refractivity contribution in [3.8, 4) is 11.1 Å². The van der Waals surface area contributed by atoms with Gasteiger partial charge in [0.2, 0.25) is 5.91 Å². The quantitative estimate of drug-likeness (QED) is 0.411. The maximum atomic E-state index is 12.6. The number of aliphatic carboxylic acids is 1. The molecule has 3 N–H and O–H groups in total. The summed E-state index contributed by atoms with van der Waals surface area (Å²) in [6.45, 7) is 0.348. The molecule has 1 aliphatic rings. The van der Waals surface area contributed by atoms with Gasteiger partial charge >= 0.3 is 12.1 Å². The Kier molecular flexibility index (Phi) is 7.67. The fourth-order valence-corrected chi connectivity index (χ4v) is 4.40. The van der Waals surface area contributed by atoms with Crippen molar-refractivity contribution in [1.82, 2.24) is 10.6 Å². The molecule has 0 bridgehead atoms. The summed E-state index contributed by atoms with van der Waals surface area (Å²) in [6.07, 6.45) is -0.865. The third-order valence-electron chi connectivity index (χ3n) is 5.96. The topological polar surface area (TPSA) is 105 Å². The highest BCUT2D eigenvalue weighted by Crippen LogP contribution is 2.44. The van der Waals surface area contributed by atoms with E-state index in [0.29, 0.717) is 11.4 Å². The molecular formula is C27H25ClN2O5. The van der Waals surface area contributed by atoms with Crippen LogP contribution >= 0.6 is 11.6 Å². The highest BCUT2D eigenvalue weighted by Gasteiger charge is 2.30. The van der Waals surface area contributed by atoms with Crippen LogP contribution in [0.15, 0.2) is 72.8 Å². The van der Waals surface area contributed by atoms with E-state index in [-0.39, 0.29) is 19.1 Å². The number of carbonyl (C=O) groups excluding carboxylic acids is 2. The first kappa shape index (κ1) is 24.3. The van der Waals surface area contributed by atoms with Gasteiger partial charge in [-0.15, -0.1) is 0 Å². The Balaban J connectivity index is 1.34. The number of alkyl carbamates (subject to hydrolysis) is 1. The van der Waals surface area contributed by atoms with Crippen molar-refractivity contribution in [3.63, 3.8) is 0 Å². The van der Waals surface area contributed by atoms with Crippen molar-refractivity contribution in [2.75, 3.05) is 13.2 Å². The number of amides is 2. The smallest absolute Gasteiger partial charge is 0.407 e. The zero-order valence-corrected chi connectivity index (χ0v) is 19.6. The first-order chi connectivity index (χ1) is 16.9. The normalized spacial score (nSPS) is 12.8. The van der Waals surface area contributed by atoms with Crippen LogP contribution in [0.5, 0.6) is 0 Å². The van der Waals surface area contributed by atoms with E-state index >= 15 is 0 Å². The maximum absolute atomic E-state index is 12.6. The number of hydrogen-bond acceptors (Lipinski definition) is 4. The Morgan fingerprint density at radius 2 is 1.51 bits per heavy atom. The number of rotatable bonds is 9. The summed E-state index contributed by atoms with van der Waals surface area (Å²) in [6, 6.07) is 21.8. The summed E-state index contributed by atoms with van der Waals surface area (Å²) >= 11 is 5.87. The number of halogens is 1. The molecule has 3 aromatic rings. The summed E-state index contributed by atoms with van der Waals surface area (Å²) in [5.41, 5.74) is 5.28. The van der Waals surface area contributed by atoms with Gasteiger partial charge in [0, 0.05) is 17.5 Å². The second-order valence-electron chi connectivity index (χ2n) is 8.29. The van der Waals surface area contributed by atoms with Crippen LogP contribution in [0, 0.1) is 0 Å². The van der Waals surface area contributed by atoms with E-state index in [1.165, 1.54) is 0 Å². The van der Waals surface area contributed by atoms with Crippen molar-refractivity contribution in [3.05, 3.63) is 94.5 Å². The molecule has 2 amide bonds. The van der Waals surface area contributed by atoms with Crippen LogP contribution in [-0.2, 0) is 20.7 Å². The van der Waals surface area contributed by atoms with Gasteiger partial charge in [-0.05, 0) is 46.4 Å². The van der Waals surface area contributed by atoms with Gasteiger partial charge in [-0.3, -0.25) is 9.59 Å². The molecule has 0 spiro atoms. The first-order valence-electron chi connectivity index (χ1n) is 11.3. The average molecular weight is 493 g/mol. The molecule has 8 heteroatoms. The van der Waals surface area contributed by atoms with Gasteiger partial charge in [-0.25, -0.2) is 4.79 Å². The molecule has 1 unspecified atom stereocenters. The van der Waals surface area contributed by atoms with Crippen LogP contribution in [0.4, 0.5) is 4.79 Å². The molecule has 0 radical (unpaired) electrons. The fraction of sp³-hybridized carbons (Fsp3) is 0.222. The predicted octanol–water partition coefficient (Wildman–Crippen LogP) is 4.38. The van der Waals surface area contributed by atoms with Crippen molar-refractivity contribution in [1.29, 1.82) is 0 Å². The monoisotopic (exact) mass is 492 g/mol. The lowest BCUT2D eigenvalue weighted by Crippen LogP contribution is -2.48. The Hall–Kier alpha value is -3.84. The van der Waals surface area contributed by atoms with Crippen molar-refractivity contribution < 1.29 is 24.2 Å². The van der Waals surface area contributed by atoms with E-state index in [2.05, 4.69) is 10.6 Å². The average Bonchev–Trinajstić information content (AvgIpc) is 3.17. The number of carboxylic acid groups (broad SMARTS) is 1. The van der Waals surface area contributed by atoms with Gasteiger partial charge in [0.25, 0.3) is 0 Å². The molecule has 0 saturated carbocycles. The van der Waals surface area contributed by atoms with E-state index in [9.17, 15) is 19.5 Å². The molecule has 3 aromatic carbocycles. The SMILES string of the molecule is O=C(O)CC(NC(=O)OCC1c2ccccc2-c2ccccc21)C(=O)NCCc1ccc(Cl)cc1. The molecule has 4 rings (SSSR count). The zero-order valence-electron chi connectivity index (χ0n) is 18.9. The molecule has 180 valence electrons. The van der Waals surface area contributed by atoms with Crippen LogP contribution in [0.1, 0.15) is 29.0 Å². The summed E-state index contributed by atoms with van der Waals surface area (Å²) in [4.78, 5) is 36.4. The number of carbonyl (C=O) groups is 3. The standard InChI is InChI=1S/C27H25ClN2O5/c28-18-11-9-17(10-12-18)13-14-29-26(33)24(15-25(31)32)30-27(34)35-16-23-21-7-3-1-5-19(21)20-6-2-4-8-22(20)23/h1-12,23-24H,13-16H2,(H,29,33)(H,30,34)(H,31,32). The van der Waals surface area contributed by atoms with E-state index in [1.54, 1.807) is 12.1 Å². The van der Waals surface area contributed by atoms with E-state index in [0.717, 1.165) is 27.8 Å². The Morgan fingerprint density at radius 1 is 0.914 bits per heavy atom. The number of carboxylic acids is 1. The van der Waals surface area contributed by atoms with Crippen molar-refractivity contribution >= 4 is 29.6 Å². The summed E-state index contributed by atoms with van der Waals surface area (Å²) < 4.78 is 5.45. The van der Waals surface area contributed by atoms with Crippen LogP contribution < -0.4 is 10.6 Å². The lowest BCUT2D eigenvalue weighted by Gasteiger charge is -2.18. The zero-order chi connectivity index (χ0) is 24.8. The summed E-state index contributed by atoms with van der Waals surface area (Å²) in [5, 5.41) is 14.9. The van der Waals surface area contributed by atoms with Crippen molar-refractivity contribution in [2.45, 2.75) is 24.8 Å². The fourth-order valence-electron chi connectivity index (χ4n) is 4.27. The Labute approximate surface area is 208 Å². The Bertz CT molecular complexity index is 1180. The maximum Gasteiger partial charge on any atom is 0.407 e. The van der Waals surface area contributed by atoms with Crippen molar-refractivity contribution in [2.24, 2.45) is 0 Å². The van der Waals surface area contributed by atoms with Crippen LogP contribution in [0.3, 0.4) is 0 Å². The lowest BCUT2D eigenvalue weighted by molar-refractivity contribution is -0.139. The molecule has 0 fully saturated rings. The van der Waals surface area contributed by atoms with Gasteiger partial charge in [0.05, 0.1) is 6.42 Å². The van der Waals surface area contributed by atoms with Gasteiger partial charge in [0.1, 0.15) is 12.6 Å². The molecule has 0 heterocycles. The molecule has 1 atom stereocenters. The lowest BCUT2D eigenvalue weighted by atomic mass is 9.98. The largest absolute Gasteiger partial charge is 0.481 e. The number of nitrogens with one attached hydrogen (secondary N) is 2. The van der Waals surface area contributed by atoms with E-state index in [4.69, 9.17) is 16.3 Å². The van der Waals surface area contributed by atoms with Gasteiger partial charge in [-0.1, -0.05) is 72.3 Å². The molecule has 0 aliphatic heterocycles. The minimum Gasteiger partial charge on any atom is -0.481 e. The molecule has 7 nitrogen and oxygen atoms in total. The molecular weight excluding hydrogens is 468 g/mol. The summed E-state index contributed by atoms with van der Waals surface area (Å²) in [5.74, 6) is -1.93. The second-order valence-corrected chi connectivity index (χ2v) is 8.72. The third-order valence-corrected chi connectivity index (χ3v) is 6.21. The van der Waals surface area contributed by atoms with Crippen LogP contribution in [0.2, 0.25) is 5.02 Å². The van der Waals surface area contributed by atoms with E-state index in [1.807, 2.05) is 60.7 Å². The molecule has 0 saturated heterocycles. The van der Waals surface area contributed by atoms with Gasteiger partial charge < -0.3 is 20.5 Å². The minimum absolute atomic E-state index is 0.0673. The van der Waals surface area contributed by atoms with Gasteiger partial charge in [-0.2, -0.15) is 0 Å². The minimum atomic E-state index is -1.26. The highest BCUT2D eigenvalue weighted by molar-refractivity contribution is 6.30.